The van der Waals surface area contributed by atoms with Crippen molar-refractivity contribution in [2.45, 2.75) is 52.6 Å². The second-order valence-corrected chi connectivity index (χ2v) is 7.27. The molecule has 1 aromatic rings. The Morgan fingerprint density at radius 2 is 2.13 bits per heavy atom. The molecule has 0 spiro atoms. The Bertz CT molecular complexity index is 483. The van der Waals surface area contributed by atoms with E-state index in [1.165, 1.54) is 30.7 Å². The molecular formula is C16H30IN5S. The van der Waals surface area contributed by atoms with E-state index < -0.39 is 0 Å². The van der Waals surface area contributed by atoms with Gasteiger partial charge in [-0.1, -0.05) is 6.42 Å². The summed E-state index contributed by atoms with van der Waals surface area (Å²) in [6.45, 7) is 10.5. The van der Waals surface area contributed by atoms with Crippen LogP contribution in [0, 0.1) is 13.8 Å². The van der Waals surface area contributed by atoms with Crippen LogP contribution in [0.1, 0.15) is 41.8 Å². The molecule has 0 aliphatic carbocycles. The van der Waals surface area contributed by atoms with E-state index in [9.17, 15) is 0 Å². The third kappa shape index (κ3) is 6.54. The van der Waals surface area contributed by atoms with E-state index in [1.54, 1.807) is 11.3 Å². The summed E-state index contributed by atoms with van der Waals surface area (Å²) in [5.41, 5.74) is 1.13. The van der Waals surface area contributed by atoms with E-state index in [0.717, 1.165) is 36.3 Å². The zero-order valence-corrected chi connectivity index (χ0v) is 17.8. The van der Waals surface area contributed by atoms with Crippen LogP contribution < -0.4 is 10.6 Å². The van der Waals surface area contributed by atoms with Crippen molar-refractivity contribution >= 4 is 41.3 Å². The molecule has 0 bridgehead atoms. The Balaban J connectivity index is 0.00000264. The summed E-state index contributed by atoms with van der Waals surface area (Å²) < 4.78 is 0. The monoisotopic (exact) mass is 451 g/mol. The molecule has 1 unspecified atom stereocenters. The highest BCUT2D eigenvalue weighted by Crippen LogP contribution is 2.16. The number of aliphatic imine (C=N–C) groups is 1. The molecule has 2 rings (SSSR count). The molecule has 0 radical (unpaired) electrons. The summed E-state index contributed by atoms with van der Waals surface area (Å²) in [4.78, 5) is 12.7. The average Bonchev–Trinajstić information content (AvgIpc) is 2.83. The highest BCUT2D eigenvalue weighted by molar-refractivity contribution is 14.0. The number of likely N-dealkylation sites (tertiary alicyclic amines) is 1. The van der Waals surface area contributed by atoms with E-state index in [1.807, 2.05) is 7.05 Å². The van der Waals surface area contributed by atoms with Gasteiger partial charge >= 0.3 is 0 Å². The van der Waals surface area contributed by atoms with E-state index in [4.69, 9.17) is 0 Å². The van der Waals surface area contributed by atoms with Gasteiger partial charge in [-0.15, -0.1) is 35.3 Å². The largest absolute Gasteiger partial charge is 0.355 e. The van der Waals surface area contributed by atoms with E-state index in [0.29, 0.717) is 6.04 Å². The molecule has 0 saturated carbocycles. The number of thiazole rings is 1. The molecule has 1 aliphatic rings. The fourth-order valence-corrected chi connectivity index (χ4v) is 3.68. The Morgan fingerprint density at radius 1 is 1.35 bits per heavy atom. The minimum absolute atomic E-state index is 0. The molecule has 1 atom stereocenters. The maximum atomic E-state index is 4.55. The molecule has 0 amide bonds. The lowest BCUT2D eigenvalue weighted by molar-refractivity contribution is 0.163. The van der Waals surface area contributed by atoms with Gasteiger partial charge < -0.3 is 10.6 Å². The summed E-state index contributed by atoms with van der Waals surface area (Å²) in [6.07, 6.45) is 4.04. The Kier molecular flexibility index (Phi) is 9.38. The molecular weight excluding hydrogens is 421 g/mol. The Hall–Kier alpha value is -0.410. The average molecular weight is 451 g/mol. The second kappa shape index (κ2) is 10.5. The first kappa shape index (κ1) is 20.6. The minimum Gasteiger partial charge on any atom is -0.355 e. The van der Waals surface area contributed by atoms with Crippen molar-refractivity contribution in [3.63, 3.8) is 0 Å². The number of aromatic nitrogens is 1. The highest BCUT2D eigenvalue weighted by atomic mass is 127. The van der Waals surface area contributed by atoms with Crippen LogP contribution in [0.5, 0.6) is 0 Å². The van der Waals surface area contributed by atoms with Gasteiger partial charge in [-0.05, 0) is 40.2 Å². The zero-order chi connectivity index (χ0) is 15.9. The number of hydrogen-bond acceptors (Lipinski definition) is 4. The van der Waals surface area contributed by atoms with Gasteiger partial charge in [-0.2, -0.15) is 0 Å². The molecule has 1 saturated heterocycles. The lowest BCUT2D eigenvalue weighted by Gasteiger charge is -2.33. The summed E-state index contributed by atoms with van der Waals surface area (Å²) in [6, 6.07) is 0.715. The molecule has 23 heavy (non-hydrogen) atoms. The van der Waals surface area contributed by atoms with Crippen LogP contribution in [0.15, 0.2) is 4.99 Å². The van der Waals surface area contributed by atoms with E-state index in [-0.39, 0.29) is 24.0 Å². The molecule has 5 nitrogen and oxygen atoms in total. The fourth-order valence-electron chi connectivity index (χ4n) is 2.80. The highest BCUT2D eigenvalue weighted by Gasteiger charge is 2.17. The number of rotatable bonds is 5. The van der Waals surface area contributed by atoms with Crippen LogP contribution in [0.2, 0.25) is 0 Å². The fraction of sp³-hybridized carbons (Fsp3) is 0.750. The number of halogens is 1. The number of piperidine rings is 1. The first-order valence-corrected chi connectivity index (χ1v) is 9.03. The summed E-state index contributed by atoms with van der Waals surface area (Å²) in [5.74, 6) is 0.857. The zero-order valence-electron chi connectivity index (χ0n) is 14.7. The van der Waals surface area contributed by atoms with Gasteiger partial charge in [0.1, 0.15) is 5.01 Å². The molecule has 2 heterocycles. The number of hydrogen-bond donors (Lipinski definition) is 2. The molecule has 7 heteroatoms. The quantitative estimate of drug-likeness (QED) is 0.411. The van der Waals surface area contributed by atoms with Gasteiger partial charge in [-0.25, -0.2) is 4.98 Å². The number of guanidine groups is 1. The third-order valence-electron chi connectivity index (χ3n) is 4.34. The first-order valence-electron chi connectivity index (χ1n) is 8.21. The van der Waals surface area contributed by atoms with Crippen LogP contribution in [0.25, 0.3) is 0 Å². The summed E-state index contributed by atoms with van der Waals surface area (Å²) in [7, 11) is 1.82. The standard InChI is InChI=1S/C16H29N5S.HI/c1-12-7-5-6-9-21(12)10-8-18-16(17-4)19-11-15-20-13(2)14(3)22-15;/h12H,5-11H2,1-4H3,(H2,17,18,19);1H. The maximum absolute atomic E-state index is 4.55. The van der Waals surface area contributed by atoms with Gasteiger partial charge in [-0.3, -0.25) is 9.89 Å². The van der Waals surface area contributed by atoms with Crippen molar-refractivity contribution in [3.8, 4) is 0 Å². The lowest BCUT2D eigenvalue weighted by atomic mass is 10.0. The van der Waals surface area contributed by atoms with Crippen LogP contribution in [0.3, 0.4) is 0 Å². The molecule has 1 fully saturated rings. The molecule has 0 aromatic carbocycles. The first-order chi connectivity index (χ1) is 10.6. The Labute approximate surface area is 161 Å². The maximum Gasteiger partial charge on any atom is 0.191 e. The molecule has 1 aromatic heterocycles. The summed E-state index contributed by atoms with van der Waals surface area (Å²) in [5, 5.41) is 7.86. The van der Waals surface area contributed by atoms with Gasteiger partial charge in [0, 0.05) is 31.1 Å². The van der Waals surface area contributed by atoms with Crippen molar-refractivity contribution in [3.05, 3.63) is 15.6 Å². The SMILES string of the molecule is CN=C(NCCN1CCCCC1C)NCc1nc(C)c(C)s1.I. The van der Waals surface area contributed by atoms with Crippen molar-refractivity contribution in [1.29, 1.82) is 0 Å². The van der Waals surface area contributed by atoms with E-state index in [2.05, 4.69) is 46.3 Å². The number of aryl methyl sites for hydroxylation is 2. The van der Waals surface area contributed by atoms with Crippen LogP contribution in [-0.4, -0.2) is 48.6 Å². The molecule has 1 aliphatic heterocycles. The van der Waals surface area contributed by atoms with Crippen molar-refractivity contribution in [2.24, 2.45) is 4.99 Å². The predicted octanol–water partition coefficient (Wildman–Crippen LogP) is 2.92. The normalized spacial score (nSPS) is 19.3. The van der Waals surface area contributed by atoms with Crippen LogP contribution in [0.4, 0.5) is 0 Å². The lowest BCUT2D eigenvalue weighted by Crippen LogP contribution is -2.45. The number of nitrogens with one attached hydrogen (secondary N) is 2. The van der Waals surface area contributed by atoms with Gasteiger partial charge in [0.2, 0.25) is 0 Å². The van der Waals surface area contributed by atoms with Gasteiger partial charge in [0.25, 0.3) is 0 Å². The van der Waals surface area contributed by atoms with Gasteiger partial charge in [0.15, 0.2) is 5.96 Å². The number of nitrogens with zero attached hydrogens (tertiary/aromatic N) is 3. The second-order valence-electron chi connectivity index (χ2n) is 5.98. The summed E-state index contributed by atoms with van der Waals surface area (Å²) >= 11 is 1.75. The van der Waals surface area contributed by atoms with Crippen molar-refractivity contribution in [2.75, 3.05) is 26.7 Å². The molecule has 132 valence electrons. The van der Waals surface area contributed by atoms with Crippen LogP contribution in [-0.2, 0) is 6.54 Å². The predicted molar refractivity (Wildman–Crippen MR) is 110 cm³/mol. The van der Waals surface area contributed by atoms with Crippen LogP contribution >= 0.6 is 35.3 Å². The van der Waals surface area contributed by atoms with Gasteiger partial charge in [0.05, 0.1) is 12.2 Å². The molecule has 2 N–H and O–H groups in total. The van der Waals surface area contributed by atoms with E-state index >= 15 is 0 Å². The third-order valence-corrected chi connectivity index (χ3v) is 5.41. The smallest absolute Gasteiger partial charge is 0.191 e. The van der Waals surface area contributed by atoms with Crippen molar-refractivity contribution in [1.82, 2.24) is 20.5 Å². The van der Waals surface area contributed by atoms with Crippen molar-refractivity contribution < 1.29 is 0 Å². The topological polar surface area (TPSA) is 52.6 Å². The Morgan fingerprint density at radius 3 is 2.74 bits per heavy atom. The minimum atomic E-state index is 0.